The lowest BCUT2D eigenvalue weighted by atomic mass is 9.95. The number of amides is 2. The first-order valence-electron chi connectivity index (χ1n) is 11.3. The van der Waals surface area contributed by atoms with Crippen molar-refractivity contribution >= 4 is 17.6 Å². The van der Waals surface area contributed by atoms with Crippen molar-refractivity contribution in [3.63, 3.8) is 0 Å². The minimum Gasteiger partial charge on any atom is -0.337 e. The van der Waals surface area contributed by atoms with Crippen LogP contribution in [-0.2, 0) is 11.2 Å². The van der Waals surface area contributed by atoms with E-state index in [0.717, 1.165) is 48.0 Å². The number of anilines is 1. The zero-order chi connectivity index (χ0) is 21.5. The zero-order valence-corrected chi connectivity index (χ0v) is 18.2. The Morgan fingerprint density at radius 3 is 2.68 bits per heavy atom. The smallest absolute Gasteiger partial charge is 0.274 e. The van der Waals surface area contributed by atoms with Crippen LogP contribution in [0.25, 0.3) is 0 Å². The van der Waals surface area contributed by atoms with Crippen LogP contribution in [0, 0.1) is 19.8 Å². The number of nitrogens with zero attached hydrogens (tertiary/aromatic N) is 6. The van der Waals surface area contributed by atoms with E-state index in [1.54, 1.807) is 12.4 Å². The minimum absolute atomic E-state index is 0.0555. The van der Waals surface area contributed by atoms with E-state index in [2.05, 4.69) is 9.97 Å². The molecule has 8 nitrogen and oxygen atoms in total. The van der Waals surface area contributed by atoms with E-state index in [9.17, 15) is 9.59 Å². The van der Waals surface area contributed by atoms with Crippen LogP contribution in [0.4, 0.5) is 5.82 Å². The number of hydrogen-bond acceptors (Lipinski definition) is 6. The molecule has 8 heteroatoms. The number of hydrogen-bond donors (Lipinski definition) is 0. The van der Waals surface area contributed by atoms with Crippen LogP contribution in [0.2, 0.25) is 0 Å². The third kappa shape index (κ3) is 4.03. The molecular formula is C23H28N6O2. The van der Waals surface area contributed by atoms with Crippen molar-refractivity contribution in [3.05, 3.63) is 40.9 Å². The summed E-state index contributed by atoms with van der Waals surface area (Å²) in [6.07, 6.45) is 8.61. The Balaban J connectivity index is 1.40. The third-order valence-corrected chi connectivity index (χ3v) is 6.57. The molecule has 2 aromatic heterocycles. The van der Waals surface area contributed by atoms with Gasteiger partial charge in [0.1, 0.15) is 17.3 Å². The molecule has 4 heterocycles. The van der Waals surface area contributed by atoms with E-state index in [0.29, 0.717) is 37.5 Å². The van der Waals surface area contributed by atoms with Crippen molar-refractivity contribution in [2.75, 3.05) is 24.5 Å². The van der Waals surface area contributed by atoms with Gasteiger partial charge in [0.2, 0.25) is 5.91 Å². The number of fused-ring (bicyclic) bond motifs is 1. The van der Waals surface area contributed by atoms with Crippen molar-refractivity contribution in [1.82, 2.24) is 24.8 Å². The average molecular weight is 421 g/mol. The second kappa shape index (κ2) is 7.98. The Kier molecular flexibility index (Phi) is 5.16. The quantitative estimate of drug-likeness (QED) is 0.755. The molecule has 0 radical (unpaired) electrons. The third-order valence-electron chi connectivity index (χ3n) is 6.57. The van der Waals surface area contributed by atoms with Gasteiger partial charge in [0, 0.05) is 49.4 Å². The summed E-state index contributed by atoms with van der Waals surface area (Å²) in [5, 5.41) is 0. The maximum absolute atomic E-state index is 12.9. The Labute approximate surface area is 182 Å². The highest BCUT2D eigenvalue weighted by molar-refractivity contribution is 5.95. The number of likely N-dealkylation sites (tertiary alicyclic amines) is 1. The average Bonchev–Trinajstić information content (AvgIpc) is 3.60. The van der Waals surface area contributed by atoms with Gasteiger partial charge in [-0.05, 0) is 51.9 Å². The van der Waals surface area contributed by atoms with Crippen molar-refractivity contribution in [3.8, 4) is 0 Å². The topological polar surface area (TPSA) is 92.2 Å². The standard InChI is InChI=1S/C23H28N6O2/c1-14-10-25-19(11-24-14)23(31)28-9-3-4-17(13-28)21-26-15(2)18-7-8-20(30)29(22(18)27-21)12-16-5-6-16/h10-11,16-17H,3-9,12-13H2,1-2H3. The van der Waals surface area contributed by atoms with E-state index < -0.39 is 0 Å². The van der Waals surface area contributed by atoms with Gasteiger partial charge in [0.15, 0.2) is 0 Å². The van der Waals surface area contributed by atoms with Gasteiger partial charge in [-0.3, -0.25) is 19.5 Å². The number of aryl methyl sites for hydroxylation is 2. The molecule has 2 amide bonds. The van der Waals surface area contributed by atoms with E-state index in [1.807, 2.05) is 23.6 Å². The molecular weight excluding hydrogens is 392 g/mol. The fraction of sp³-hybridized carbons (Fsp3) is 0.565. The lowest BCUT2D eigenvalue weighted by Crippen LogP contribution is -2.41. The number of rotatable bonds is 4. The van der Waals surface area contributed by atoms with Gasteiger partial charge in [-0.1, -0.05) is 0 Å². The Bertz CT molecular complexity index is 1020. The molecule has 2 aliphatic heterocycles. The molecule has 5 rings (SSSR count). The number of carbonyl (C=O) groups excluding carboxylic acids is 2. The van der Waals surface area contributed by atoms with E-state index >= 15 is 0 Å². The molecule has 1 aliphatic carbocycles. The van der Waals surface area contributed by atoms with Crippen molar-refractivity contribution in [2.45, 2.75) is 58.3 Å². The lowest BCUT2D eigenvalue weighted by Gasteiger charge is -2.34. The second-order valence-electron chi connectivity index (χ2n) is 9.05. The molecule has 31 heavy (non-hydrogen) atoms. The van der Waals surface area contributed by atoms with Crippen molar-refractivity contribution in [1.29, 1.82) is 0 Å². The summed E-state index contributed by atoms with van der Waals surface area (Å²) in [5.74, 6) is 2.28. The second-order valence-corrected chi connectivity index (χ2v) is 9.05. The summed E-state index contributed by atoms with van der Waals surface area (Å²) in [6, 6.07) is 0. The van der Waals surface area contributed by atoms with E-state index in [1.165, 1.54) is 12.8 Å². The van der Waals surface area contributed by atoms with Gasteiger partial charge in [-0.2, -0.15) is 0 Å². The predicted molar refractivity (Wildman–Crippen MR) is 115 cm³/mol. The zero-order valence-electron chi connectivity index (χ0n) is 18.2. The molecule has 1 saturated heterocycles. The molecule has 1 saturated carbocycles. The molecule has 2 aromatic rings. The molecule has 2 fully saturated rings. The van der Waals surface area contributed by atoms with Gasteiger partial charge >= 0.3 is 0 Å². The molecule has 162 valence electrons. The fourth-order valence-corrected chi connectivity index (χ4v) is 4.57. The van der Waals surface area contributed by atoms with Gasteiger partial charge in [0.25, 0.3) is 5.91 Å². The summed E-state index contributed by atoms with van der Waals surface area (Å²) in [7, 11) is 0. The van der Waals surface area contributed by atoms with E-state index in [4.69, 9.17) is 9.97 Å². The SMILES string of the molecule is Cc1cnc(C(=O)N2CCCC(c3nc(C)c4c(n3)N(CC3CC3)C(=O)CC4)C2)cn1. The minimum atomic E-state index is -0.0996. The van der Waals surface area contributed by atoms with Gasteiger partial charge in [-0.25, -0.2) is 15.0 Å². The van der Waals surface area contributed by atoms with Gasteiger partial charge < -0.3 is 4.90 Å². The summed E-state index contributed by atoms with van der Waals surface area (Å²) in [5.41, 5.74) is 3.22. The highest BCUT2D eigenvalue weighted by Gasteiger charge is 2.35. The fourth-order valence-electron chi connectivity index (χ4n) is 4.57. The van der Waals surface area contributed by atoms with Crippen molar-refractivity contribution in [2.24, 2.45) is 5.92 Å². The highest BCUT2D eigenvalue weighted by Crippen LogP contribution is 2.36. The van der Waals surface area contributed by atoms with E-state index in [-0.39, 0.29) is 17.7 Å². The normalized spacial score (nSPS) is 21.2. The monoisotopic (exact) mass is 420 g/mol. The van der Waals surface area contributed by atoms with Crippen LogP contribution >= 0.6 is 0 Å². The molecule has 1 atom stereocenters. The number of piperidine rings is 1. The predicted octanol–water partition coefficient (Wildman–Crippen LogP) is 2.59. The van der Waals surface area contributed by atoms with Gasteiger partial charge in [-0.15, -0.1) is 0 Å². The Morgan fingerprint density at radius 1 is 1.10 bits per heavy atom. The lowest BCUT2D eigenvalue weighted by molar-refractivity contribution is -0.119. The van der Waals surface area contributed by atoms with Crippen LogP contribution in [0.5, 0.6) is 0 Å². The van der Waals surface area contributed by atoms with Gasteiger partial charge in [0.05, 0.1) is 11.9 Å². The molecule has 0 spiro atoms. The largest absolute Gasteiger partial charge is 0.337 e. The van der Waals surface area contributed by atoms with Crippen LogP contribution < -0.4 is 4.90 Å². The molecule has 3 aliphatic rings. The maximum Gasteiger partial charge on any atom is 0.274 e. The summed E-state index contributed by atoms with van der Waals surface area (Å²) in [4.78, 5) is 47.5. The molecule has 0 bridgehead atoms. The summed E-state index contributed by atoms with van der Waals surface area (Å²) in [6.45, 7) is 5.89. The van der Waals surface area contributed by atoms with Crippen molar-refractivity contribution < 1.29 is 9.59 Å². The van der Waals surface area contributed by atoms with Crippen LogP contribution in [0.3, 0.4) is 0 Å². The summed E-state index contributed by atoms with van der Waals surface area (Å²) < 4.78 is 0. The Hall–Kier alpha value is -2.90. The van der Waals surface area contributed by atoms with Crippen LogP contribution in [0.1, 0.15) is 71.3 Å². The number of aromatic nitrogens is 4. The van der Waals surface area contributed by atoms with Crippen LogP contribution in [0.15, 0.2) is 12.4 Å². The maximum atomic E-state index is 12.9. The first-order chi connectivity index (χ1) is 15.0. The molecule has 0 aromatic carbocycles. The Morgan fingerprint density at radius 2 is 1.94 bits per heavy atom. The first-order valence-corrected chi connectivity index (χ1v) is 11.3. The van der Waals surface area contributed by atoms with Crippen LogP contribution in [-0.4, -0.2) is 56.3 Å². The molecule has 1 unspecified atom stereocenters. The summed E-state index contributed by atoms with van der Waals surface area (Å²) >= 11 is 0. The highest BCUT2D eigenvalue weighted by atomic mass is 16.2. The first kappa shape index (κ1) is 20.0. The number of carbonyl (C=O) groups is 2. The molecule has 0 N–H and O–H groups in total.